The van der Waals surface area contributed by atoms with E-state index in [0.29, 0.717) is 17.9 Å². The molecule has 4 rings (SSSR count). The van der Waals surface area contributed by atoms with Crippen LogP contribution in [0.2, 0.25) is 0 Å². The maximum atomic E-state index is 12.7. The van der Waals surface area contributed by atoms with Crippen molar-refractivity contribution in [2.24, 2.45) is 0 Å². The van der Waals surface area contributed by atoms with E-state index in [1.807, 2.05) is 61.5 Å². The van der Waals surface area contributed by atoms with E-state index in [1.165, 1.54) is 5.56 Å². The number of aromatic nitrogens is 1. The molecule has 0 bridgehead atoms. The van der Waals surface area contributed by atoms with E-state index in [2.05, 4.69) is 34.7 Å². The largest absolute Gasteiger partial charge is 0.387 e. The predicted molar refractivity (Wildman–Crippen MR) is 155 cm³/mol. The Hall–Kier alpha value is -3.78. The lowest BCUT2D eigenvalue weighted by Gasteiger charge is -2.31. The van der Waals surface area contributed by atoms with Crippen molar-refractivity contribution < 1.29 is 15.0 Å². The molecule has 1 aromatic heterocycles. The number of nitrogens with two attached hydrogens (primary N) is 1. The van der Waals surface area contributed by atoms with Crippen LogP contribution in [0, 0.1) is 0 Å². The van der Waals surface area contributed by atoms with E-state index in [-0.39, 0.29) is 30.8 Å². The number of nitrogens with zero attached hydrogens (tertiary/aromatic N) is 1. The summed E-state index contributed by atoms with van der Waals surface area (Å²) in [6, 6.07) is 21.7. The molecule has 0 aliphatic heterocycles. The lowest BCUT2D eigenvalue weighted by atomic mass is 9.83. The minimum absolute atomic E-state index is 0.111. The normalized spacial score (nSPS) is 20.2. The van der Waals surface area contributed by atoms with Crippen molar-refractivity contribution in [1.29, 1.82) is 0 Å². The number of benzene rings is 2. The summed E-state index contributed by atoms with van der Waals surface area (Å²) in [4.78, 5) is 16.8. The van der Waals surface area contributed by atoms with E-state index in [4.69, 9.17) is 5.73 Å². The third-order valence-corrected chi connectivity index (χ3v) is 7.18. The number of hydrogen-bond donors (Lipinski definition) is 5. The lowest BCUT2D eigenvalue weighted by Crippen LogP contribution is -2.44. The quantitative estimate of drug-likeness (QED) is 0.244. The molecule has 39 heavy (non-hydrogen) atoms. The van der Waals surface area contributed by atoms with Gasteiger partial charge in [-0.05, 0) is 48.6 Å². The first-order valence-corrected chi connectivity index (χ1v) is 13.3. The van der Waals surface area contributed by atoms with Crippen molar-refractivity contribution in [3.05, 3.63) is 119 Å². The molecule has 0 saturated carbocycles. The fraction of sp³-hybridized carbons (Fsp3) is 0.312. The van der Waals surface area contributed by atoms with Crippen LogP contribution in [0.25, 0.3) is 0 Å². The van der Waals surface area contributed by atoms with Crippen LogP contribution in [0.3, 0.4) is 0 Å². The summed E-state index contributed by atoms with van der Waals surface area (Å²) >= 11 is 0. The minimum Gasteiger partial charge on any atom is -0.387 e. The molecular formula is C32H38N4O3. The van der Waals surface area contributed by atoms with Crippen LogP contribution in [-0.2, 0) is 17.6 Å². The molecule has 1 aliphatic rings. The van der Waals surface area contributed by atoms with E-state index in [0.717, 1.165) is 23.1 Å². The van der Waals surface area contributed by atoms with E-state index >= 15 is 0 Å². The number of aliphatic hydroxyl groups is 2. The standard InChI is InChI=1S/C32H38N4O3/c1-22-15-27(26-9-4-3-5-10-26)13-14-32(22,39)21-36-31(38)18-25-8-6-7-24(17-25)16-23(2)34-20-29(37)28-11-12-30(33)35-19-28/h3-15,17,19,23,27,29,34,37,39H,16,18,20-21H2,1-2H3,(H2,33,35)(H,36,38)/t23-,27?,29+,32?/m1/s1. The second-order valence-electron chi connectivity index (χ2n) is 10.4. The molecular weight excluding hydrogens is 488 g/mol. The number of allylic oxidation sites excluding steroid dienone is 2. The van der Waals surface area contributed by atoms with Crippen molar-refractivity contribution in [2.45, 2.75) is 50.4 Å². The Bertz CT molecular complexity index is 1310. The third kappa shape index (κ3) is 7.86. The average molecular weight is 527 g/mol. The zero-order valence-electron chi connectivity index (χ0n) is 22.5. The monoisotopic (exact) mass is 526 g/mol. The van der Waals surface area contributed by atoms with Gasteiger partial charge >= 0.3 is 0 Å². The number of amides is 1. The van der Waals surface area contributed by atoms with Crippen molar-refractivity contribution >= 4 is 11.7 Å². The molecule has 0 radical (unpaired) electrons. The van der Waals surface area contributed by atoms with Crippen molar-refractivity contribution in [3.63, 3.8) is 0 Å². The summed E-state index contributed by atoms with van der Waals surface area (Å²) in [7, 11) is 0. The zero-order valence-corrected chi connectivity index (χ0v) is 22.5. The Kier molecular flexibility index (Phi) is 9.30. The van der Waals surface area contributed by atoms with E-state index in [9.17, 15) is 15.0 Å². The first-order chi connectivity index (χ1) is 18.7. The number of nitrogens with one attached hydrogen (secondary N) is 2. The molecule has 6 N–H and O–H groups in total. The van der Waals surface area contributed by atoms with Crippen molar-refractivity contribution in [3.8, 4) is 0 Å². The van der Waals surface area contributed by atoms with Gasteiger partial charge in [0, 0.05) is 30.3 Å². The van der Waals surface area contributed by atoms with Crippen LogP contribution in [-0.4, -0.2) is 45.8 Å². The number of anilines is 1. The van der Waals surface area contributed by atoms with Crippen LogP contribution in [0.5, 0.6) is 0 Å². The molecule has 0 fully saturated rings. The molecule has 1 amide bonds. The lowest BCUT2D eigenvalue weighted by molar-refractivity contribution is -0.121. The highest BCUT2D eigenvalue weighted by atomic mass is 16.3. The maximum Gasteiger partial charge on any atom is 0.224 e. The highest BCUT2D eigenvalue weighted by molar-refractivity contribution is 5.78. The Morgan fingerprint density at radius 3 is 2.59 bits per heavy atom. The molecule has 2 unspecified atom stereocenters. The Labute approximate surface area is 230 Å². The van der Waals surface area contributed by atoms with Crippen LogP contribution in [0.4, 0.5) is 5.82 Å². The predicted octanol–water partition coefficient (Wildman–Crippen LogP) is 3.61. The highest BCUT2D eigenvalue weighted by Crippen LogP contribution is 2.31. The molecule has 7 heteroatoms. The van der Waals surface area contributed by atoms with Gasteiger partial charge in [0.2, 0.25) is 5.91 Å². The van der Waals surface area contributed by atoms with Crippen LogP contribution in [0.1, 0.15) is 48.1 Å². The molecule has 0 saturated heterocycles. The van der Waals surface area contributed by atoms with Gasteiger partial charge in [-0.2, -0.15) is 0 Å². The van der Waals surface area contributed by atoms with Gasteiger partial charge in [-0.3, -0.25) is 4.79 Å². The van der Waals surface area contributed by atoms with Gasteiger partial charge < -0.3 is 26.6 Å². The van der Waals surface area contributed by atoms with Gasteiger partial charge in [0.05, 0.1) is 19.1 Å². The number of aliphatic hydroxyl groups excluding tert-OH is 1. The SMILES string of the molecule is CC1=CC(c2ccccc2)C=CC1(O)CNC(=O)Cc1cccc(C[C@@H](C)NC[C@H](O)c2ccc(N)nc2)c1. The topological polar surface area (TPSA) is 120 Å². The smallest absolute Gasteiger partial charge is 0.224 e. The number of rotatable bonds is 11. The summed E-state index contributed by atoms with van der Waals surface area (Å²) in [5, 5.41) is 27.8. The maximum absolute atomic E-state index is 12.7. The number of hydrogen-bond acceptors (Lipinski definition) is 6. The van der Waals surface area contributed by atoms with Gasteiger partial charge in [-0.15, -0.1) is 0 Å². The molecule has 2 aromatic carbocycles. The molecule has 0 spiro atoms. The van der Waals surface area contributed by atoms with Crippen LogP contribution < -0.4 is 16.4 Å². The molecule has 1 heterocycles. The van der Waals surface area contributed by atoms with Gasteiger partial charge in [-0.25, -0.2) is 4.98 Å². The van der Waals surface area contributed by atoms with Gasteiger partial charge in [0.25, 0.3) is 0 Å². The first-order valence-electron chi connectivity index (χ1n) is 13.3. The fourth-order valence-electron chi connectivity index (χ4n) is 4.76. The van der Waals surface area contributed by atoms with Crippen LogP contribution in [0.15, 0.2) is 96.7 Å². The summed E-state index contributed by atoms with van der Waals surface area (Å²) < 4.78 is 0. The number of pyridine rings is 1. The highest BCUT2D eigenvalue weighted by Gasteiger charge is 2.30. The van der Waals surface area contributed by atoms with E-state index < -0.39 is 11.7 Å². The van der Waals surface area contributed by atoms with Crippen LogP contribution >= 0.6 is 0 Å². The summed E-state index contributed by atoms with van der Waals surface area (Å²) in [5.41, 5.74) is 9.13. The summed E-state index contributed by atoms with van der Waals surface area (Å²) in [6.07, 6.45) is 7.71. The molecule has 4 atom stereocenters. The summed E-state index contributed by atoms with van der Waals surface area (Å²) in [6.45, 7) is 4.48. The van der Waals surface area contributed by atoms with Gasteiger partial charge in [-0.1, -0.05) is 78.9 Å². The number of nitrogen functional groups attached to an aromatic ring is 1. The Morgan fingerprint density at radius 2 is 1.87 bits per heavy atom. The van der Waals surface area contributed by atoms with E-state index in [1.54, 1.807) is 24.4 Å². The van der Waals surface area contributed by atoms with Gasteiger partial charge in [0.15, 0.2) is 0 Å². The minimum atomic E-state index is -1.20. The molecule has 204 valence electrons. The third-order valence-electron chi connectivity index (χ3n) is 7.18. The first kappa shape index (κ1) is 28.2. The number of carbonyl (C=O) groups is 1. The molecule has 7 nitrogen and oxygen atoms in total. The fourth-order valence-corrected chi connectivity index (χ4v) is 4.76. The van der Waals surface area contributed by atoms with Crippen molar-refractivity contribution in [1.82, 2.24) is 15.6 Å². The molecule has 3 aromatic rings. The Balaban J connectivity index is 1.25. The second kappa shape index (κ2) is 12.8. The summed E-state index contributed by atoms with van der Waals surface area (Å²) in [5.74, 6) is 0.393. The number of carbonyl (C=O) groups excluding carboxylic acids is 1. The second-order valence-corrected chi connectivity index (χ2v) is 10.4. The zero-order chi connectivity index (χ0) is 27.8. The van der Waals surface area contributed by atoms with Gasteiger partial charge in [0.1, 0.15) is 11.4 Å². The van der Waals surface area contributed by atoms with Crippen molar-refractivity contribution in [2.75, 3.05) is 18.8 Å². The molecule has 1 aliphatic carbocycles. The Morgan fingerprint density at radius 1 is 1.10 bits per heavy atom. The average Bonchev–Trinajstić information content (AvgIpc) is 2.93.